The highest BCUT2D eigenvalue weighted by molar-refractivity contribution is 6.05. The van der Waals surface area contributed by atoms with E-state index in [9.17, 15) is 9.59 Å². The van der Waals surface area contributed by atoms with Gasteiger partial charge in [0, 0.05) is 43.3 Å². The maximum atomic E-state index is 13.1. The fraction of sp³-hybridized carbons (Fsp3) is 0.269. The Morgan fingerprint density at radius 2 is 1.85 bits per heavy atom. The highest BCUT2D eigenvalue weighted by Crippen LogP contribution is 2.32. The van der Waals surface area contributed by atoms with Gasteiger partial charge in [0.1, 0.15) is 5.84 Å². The van der Waals surface area contributed by atoms with Gasteiger partial charge in [-0.1, -0.05) is 43.3 Å². The zero-order chi connectivity index (χ0) is 23.8. The number of carbonyl (C=O) groups is 2. The van der Waals surface area contributed by atoms with Gasteiger partial charge < -0.3 is 20.8 Å². The molecule has 1 aliphatic rings. The molecule has 0 unspecified atom stereocenters. The van der Waals surface area contributed by atoms with E-state index in [1.54, 1.807) is 11.0 Å². The lowest BCUT2D eigenvalue weighted by Gasteiger charge is -2.23. The first kappa shape index (κ1) is 23.9. The van der Waals surface area contributed by atoms with Crippen molar-refractivity contribution in [3.05, 3.63) is 65.2 Å². The summed E-state index contributed by atoms with van der Waals surface area (Å²) < 4.78 is 0. The van der Waals surface area contributed by atoms with Gasteiger partial charge in [-0.2, -0.15) is 0 Å². The third kappa shape index (κ3) is 6.40. The van der Waals surface area contributed by atoms with Gasteiger partial charge in [0.05, 0.1) is 5.69 Å². The summed E-state index contributed by atoms with van der Waals surface area (Å²) >= 11 is 0. The Hall–Kier alpha value is -3.71. The van der Waals surface area contributed by atoms with Crippen LogP contribution in [0.4, 0.5) is 5.69 Å². The molecule has 0 atom stereocenters. The summed E-state index contributed by atoms with van der Waals surface area (Å²) in [7, 11) is 0. The quantitative estimate of drug-likeness (QED) is 0.505. The lowest BCUT2D eigenvalue weighted by molar-refractivity contribution is -0.131. The molecule has 2 aromatic rings. The van der Waals surface area contributed by atoms with Crippen LogP contribution >= 0.6 is 0 Å². The van der Waals surface area contributed by atoms with Crippen LogP contribution in [0.2, 0.25) is 0 Å². The van der Waals surface area contributed by atoms with Crippen LogP contribution in [0.3, 0.4) is 0 Å². The fourth-order valence-electron chi connectivity index (χ4n) is 3.71. The molecule has 3 rings (SSSR count). The number of nitrogens with zero attached hydrogens (tertiary/aromatic N) is 2. The lowest BCUT2D eigenvalue weighted by Crippen LogP contribution is -2.35. The molecule has 0 saturated heterocycles. The molecule has 7 nitrogen and oxygen atoms in total. The van der Waals surface area contributed by atoms with Gasteiger partial charge in [0.15, 0.2) is 0 Å². The van der Waals surface area contributed by atoms with E-state index in [2.05, 4.69) is 4.99 Å². The molecule has 1 amide bonds. The second-order valence-corrected chi connectivity index (χ2v) is 7.89. The van der Waals surface area contributed by atoms with Gasteiger partial charge in [-0.05, 0) is 47.8 Å². The van der Waals surface area contributed by atoms with E-state index >= 15 is 0 Å². The molecular weight excluding hydrogens is 418 g/mol. The number of hydrogen-bond acceptors (Lipinski definition) is 5. The summed E-state index contributed by atoms with van der Waals surface area (Å²) in [6.07, 6.45) is 6.14. The van der Waals surface area contributed by atoms with Crippen molar-refractivity contribution < 1.29 is 19.8 Å². The summed E-state index contributed by atoms with van der Waals surface area (Å²) in [5, 5.41) is 17.9. The molecule has 0 radical (unpaired) electrons. The van der Waals surface area contributed by atoms with Crippen molar-refractivity contribution in [1.82, 2.24) is 4.90 Å². The standard InChI is InChI=1S/C26H29N3O4/c1-2-12-29(13-3-14-30)26(33)22-15-21-10-9-20(16-23(21)28-24(27)17-22)19-7-4-18(5-8-19)6-11-25(31)32/h4-11,15-16,30H,2-3,12-14,17H2,1H3,(H2,27,28)(H,31,32)/b11-6+. The van der Waals surface area contributed by atoms with Crippen molar-refractivity contribution in [2.24, 2.45) is 10.7 Å². The Labute approximate surface area is 193 Å². The number of aliphatic hydroxyl groups excluding tert-OH is 1. The van der Waals surface area contributed by atoms with E-state index in [1.807, 2.05) is 55.5 Å². The van der Waals surface area contributed by atoms with Crippen molar-refractivity contribution in [3.63, 3.8) is 0 Å². The summed E-state index contributed by atoms with van der Waals surface area (Å²) in [5.74, 6) is -0.693. The molecule has 7 heteroatoms. The molecular formula is C26H29N3O4. The van der Waals surface area contributed by atoms with Crippen molar-refractivity contribution in [1.29, 1.82) is 0 Å². The normalized spacial score (nSPS) is 13.2. The zero-order valence-corrected chi connectivity index (χ0v) is 18.7. The Balaban J connectivity index is 1.88. The van der Waals surface area contributed by atoms with Crippen LogP contribution in [0.5, 0.6) is 0 Å². The van der Waals surface area contributed by atoms with Gasteiger partial charge in [0.2, 0.25) is 5.91 Å². The van der Waals surface area contributed by atoms with Crippen LogP contribution in [0.1, 0.15) is 37.3 Å². The Morgan fingerprint density at radius 1 is 1.12 bits per heavy atom. The second kappa shape index (κ2) is 11.2. The van der Waals surface area contributed by atoms with E-state index in [1.165, 1.54) is 0 Å². The number of amides is 1. The largest absolute Gasteiger partial charge is 0.478 e. The highest BCUT2D eigenvalue weighted by Gasteiger charge is 2.21. The summed E-state index contributed by atoms with van der Waals surface area (Å²) in [4.78, 5) is 30.1. The van der Waals surface area contributed by atoms with Gasteiger partial charge in [-0.3, -0.25) is 4.79 Å². The van der Waals surface area contributed by atoms with E-state index in [0.29, 0.717) is 36.6 Å². The zero-order valence-electron chi connectivity index (χ0n) is 18.7. The third-order valence-electron chi connectivity index (χ3n) is 5.30. The van der Waals surface area contributed by atoms with Crippen LogP contribution in [-0.2, 0) is 9.59 Å². The number of aliphatic imine (C=N–C) groups is 1. The Kier molecular flexibility index (Phi) is 8.16. The first-order valence-electron chi connectivity index (χ1n) is 11.0. The number of aliphatic hydroxyl groups is 1. The smallest absolute Gasteiger partial charge is 0.328 e. The van der Waals surface area contributed by atoms with Crippen molar-refractivity contribution >= 4 is 35.6 Å². The molecule has 172 valence electrons. The van der Waals surface area contributed by atoms with Crippen LogP contribution in [0.25, 0.3) is 23.3 Å². The average Bonchev–Trinajstić information content (AvgIpc) is 2.97. The van der Waals surface area contributed by atoms with Crippen LogP contribution in [-0.4, -0.2) is 52.5 Å². The molecule has 33 heavy (non-hydrogen) atoms. The van der Waals surface area contributed by atoms with Crippen LogP contribution in [0, 0.1) is 0 Å². The number of benzene rings is 2. The number of carbonyl (C=O) groups excluding carboxylic acids is 1. The number of hydrogen-bond donors (Lipinski definition) is 3. The molecule has 0 spiro atoms. The predicted octanol–water partition coefficient (Wildman–Crippen LogP) is 3.85. The molecule has 0 saturated carbocycles. The molecule has 0 bridgehead atoms. The van der Waals surface area contributed by atoms with E-state index in [-0.39, 0.29) is 18.9 Å². The minimum Gasteiger partial charge on any atom is -0.478 e. The van der Waals surface area contributed by atoms with E-state index < -0.39 is 5.97 Å². The number of amidine groups is 1. The summed E-state index contributed by atoms with van der Waals surface area (Å²) in [5.41, 5.74) is 11.0. The monoisotopic (exact) mass is 447 g/mol. The first-order chi connectivity index (χ1) is 15.9. The van der Waals surface area contributed by atoms with Gasteiger partial charge in [-0.25, -0.2) is 9.79 Å². The number of nitrogens with two attached hydrogens (primary N) is 1. The fourth-order valence-corrected chi connectivity index (χ4v) is 3.71. The molecule has 1 aliphatic heterocycles. The Bertz CT molecular complexity index is 1100. The number of fused-ring (bicyclic) bond motifs is 1. The maximum absolute atomic E-state index is 13.1. The Morgan fingerprint density at radius 3 is 2.52 bits per heavy atom. The molecule has 0 aliphatic carbocycles. The molecule has 0 fully saturated rings. The first-order valence-corrected chi connectivity index (χ1v) is 11.0. The SMILES string of the molecule is CCCN(CCCO)C(=O)C1=Cc2ccc(-c3ccc(/C=C/C(=O)O)cc3)cc2N=C(N)C1. The van der Waals surface area contributed by atoms with Crippen molar-refractivity contribution in [2.45, 2.75) is 26.2 Å². The van der Waals surface area contributed by atoms with E-state index in [4.69, 9.17) is 15.9 Å². The number of aliphatic carboxylic acids is 1. The molecule has 1 heterocycles. The number of rotatable bonds is 9. The van der Waals surface area contributed by atoms with Crippen LogP contribution in [0.15, 0.2) is 59.1 Å². The van der Waals surface area contributed by atoms with Gasteiger partial charge >= 0.3 is 5.97 Å². The van der Waals surface area contributed by atoms with Crippen LogP contribution < -0.4 is 5.73 Å². The molecule has 4 N–H and O–H groups in total. The molecule has 2 aromatic carbocycles. The number of carboxylic acid groups (broad SMARTS) is 1. The minimum atomic E-state index is -0.989. The van der Waals surface area contributed by atoms with Crippen molar-refractivity contribution in [3.8, 4) is 11.1 Å². The topological polar surface area (TPSA) is 116 Å². The highest BCUT2D eigenvalue weighted by atomic mass is 16.4. The van der Waals surface area contributed by atoms with E-state index in [0.717, 1.165) is 34.8 Å². The molecule has 0 aromatic heterocycles. The predicted molar refractivity (Wildman–Crippen MR) is 131 cm³/mol. The lowest BCUT2D eigenvalue weighted by atomic mass is 10.00. The second-order valence-electron chi connectivity index (χ2n) is 7.89. The van der Waals surface area contributed by atoms with Gasteiger partial charge in [0.25, 0.3) is 0 Å². The summed E-state index contributed by atoms with van der Waals surface area (Å²) in [6, 6.07) is 13.4. The third-order valence-corrected chi connectivity index (χ3v) is 5.30. The summed E-state index contributed by atoms with van der Waals surface area (Å²) in [6.45, 7) is 3.18. The average molecular weight is 448 g/mol. The van der Waals surface area contributed by atoms with Gasteiger partial charge in [-0.15, -0.1) is 0 Å². The maximum Gasteiger partial charge on any atom is 0.328 e. The minimum absolute atomic E-state index is 0.0403. The number of carboxylic acids is 1. The van der Waals surface area contributed by atoms with Crippen molar-refractivity contribution in [2.75, 3.05) is 19.7 Å².